The average molecular weight is 535 g/mol. The minimum atomic E-state index is -1.00. The number of esters is 1. The number of rotatable bonds is 5. The summed E-state index contributed by atoms with van der Waals surface area (Å²) >= 11 is 0. The molecule has 3 aromatic carbocycles. The topological polar surface area (TPSA) is 84.0 Å². The van der Waals surface area contributed by atoms with E-state index in [0.29, 0.717) is 17.0 Å². The molecule has 4 atom stereocenters. The Morgan fingerprint density at radius 1 is 0.900 bits per heavy atom. The quantitative estimate of drug-likeness (QED) is 0.191. The van der Waals surface area contributed by atoms with Gasteiger partial charge in [-0.3, -0.25) is 14.4 Å². The fourth-order valence-electron chi connectivity index (χ4n) is 6.26. The molecule has 0 saturated carbocycles. The molecule has 0 unspecified atom stereocenters. The fraction of sp³-hybridized carbons (Fsp3) is 0.273. The number of Topliss-reactive ketones (excluding diaryl/α,β-unsaturated/α-hetero) is 1. The highest BCUT2D eigenvalue weighted by Crippen LogP contribution is 2.49. The Bertz CT molecular complexity index is 1590. The first kappa shape index (κ1) is 25.7. The van der Waals surface area contributed by atoms with Gasteiger partial charge < -0.3 is 9.64 Å². The number of anilines is 2. The second-order valence-corrected chi connectivity index (χ2v) is 11.0. The summed E-state index contributed by atoms with van der Waals surface area (Å²) in [7, 11) is 0. The molecule has 0 aliphatic carbocycles. The maximum atomic E-state index is 14.1. The second kappa shape index (κ2) is 9.59. The molecule has 3 aliphatic heterocycles. The molecule has 2 amide bonds. The maximum absolute atomic E-state index is 14.1. The van der Waals surface area contributed by atoms with Crippen LogP contribution in [0.3, 0.4) is 0 Å². The van der Waals surface area contributed by atoms with Gasteiger partial charge in [-0.05, 0) is 72.9 Å². The number of para-hydroxylation sites is 1. The molecule has 2 saturated heterocycles. The zero-order chi connectivity index (χ0) is 28.3. The van der Waals surface area contributed by atoms with Gasteiger partial charge in [-0.1, -0.05) is 56.3 Å². The van der Waals surface area contributed by atoms with Gasteiger partial charge in [-0.25, -0.2) is 9.69 Å². The molecule has 40 heavy (non-hydrogen) atoms. The molecule has 0 spiro atoms. The third-order valence-corrected chi connectivity index (χ3v) is 8.19. The van der Waals surface area contributed by atoms with Crippen LogP contribution in [0.5, 0.6) is 5.75 Å². The van der Waals surface area contributed by atoms with Crippen molar-refractivity contribution in [3.05, 3.63) is 95.1 Å². The third-order valence-electron chi connectivity index (χ3n) is 8.19. The van der Waals surface area contributed by atoms with Crippen molar-refractivity contribution in [1.29, 1.82) is 0 Å². The van der Waals surface area contributed by atoms with Crippen molar-refractivity contribution in [2.75, 3.05) is 9.80 Å². The summed E-state index contributed by atoms with van der Waals surface area (Å²) in [5.74, 6) is -2.58. The lowest BCUT2D eigenvalue weighted by molar-refractivity contribution is -0.139. The van der Waals surface area contributed by atoms with E-state index in [0.717, 1.165) is 27.3 Å². The zero-order valence-electron chi connectivity index (χ0n) is 22.8. The molecule has 0 bridgehead atoms. The number of carbonyl (C=O) groups excluding carboxylic acids is 4. The average Bonchev–Trinajstić information content (AvgIpc) is 3.41. The summed E-state index contributed by atoms with van der Waals surface area (Å²) in [5, 5.41) is 0. The van der Waals surface area contributed by atoms with E-state index < -0.39 is 35.8 Å². The van der Waals surface area contributed by atoms with E-state index in [-0.39, 0.29) is 17.6 Å². The lowest BCUT2D eigenvalue weighted by Gasteiger charge is -2.36. The van der Waals surface area contributed by atoms with E-state index in [1.165, 1.54) is 6.92 Å². The molecule has 0 aromatic heterocycles. The Morgan fingerprint density at radius 2 is 1.60 bits per heavy atom. The normalized spacial score (nSPS) is 22.8. The molecule has 3 aromatic rings. The fourth-order valence-corrected chi connectivity index (χ4v) is 6.26. The van der Waals surface area contributed by atoms with Crippen LogP contribution in [0.1, 0.15) is 53.7 Å². The number of benzene rings is 3. The molecule has 7 heteroatoms. The van der Waals surface area contributed by atoms with Crippen LogP contribution in [-0.2, 0) is 14.4 Å². The van der Waals surface area contributed by atoms with Gasteiger partial charge in [0.2, 0.25) is 11.8 Å². The van der Waals surface area contributed by atoms with Crippen LogP contribution in [0, 0.1) is 18.8 Å². The van der Waals surface area contributed by atoms with Gasteiger partial charge in [0.15, 0.2) is 5.78 Å². The van der Waals surface area contributed by atoms with Gasteiger partial charge >= 0.3 is 5.97 Å². The van der Waals surface area contributed by atoms with Crippen molar-refractivity contribution in [3.8, 4) is 5.75 Å². The Balaban J connectivity index is 1.43. The van der Waals surface area contributed by atoms with Gasteiger partial charge in [0.25, 0.3) is 0 Å². The van der Waals surface area contributed by atoms with Crippen molar-refractivity contribution in [2.24, 2.45) is 11.8 Å². The van der Waals surface area contributed by atoms with E-state index in [4.69, 9.17) is 4.74 Å². The van der Waals surface area contributed by atoms with Crippen LogP contribution in [0.2, 0.25) is 0 Å². The van der Waals surface area contributed by atoms with Crippen LogP contribution in [0.4, 0.5) is 11.4 Å². The minimum absolute atomic E-state index is 0.108. The van der Waals surface area contributed by atoms with Crippen molar-refractivity contribution < 1.29 is 23.9 Å². The molecule has 3 heterocycles. The molecule has 0 radical (unpaired) electrons. The van der Waals surface area contributed by atoms with Crippen LogP contribution in [0.25, 0.3) is 6.08 Å². The van der Waals surface area contributed by atoms with E-state index in [2.05, 4.69) is 0 Å². The first-order valence-corrected chi connectivity index (χ1v) is 13.5. The van der Waals surface area contributed by atoms with Gasteiger partial charge in [0.05, 0.1) is 23.6 Å². The molecular weight excluding hydrogens is 504 g/mol. The summed E-state index contributed by atoms with van der Waals surface area (Å²) in [5.41, 5.74) is 4.41. The summed E-state index contributed by atoms with van der Waals surface area (Å²) in [4.78, 5) is 56.9. The zero-order valence-corrected chi connectivity index (χ0v) is 22.8. The third kappa shape index (κ3) is 3.96. The number of hydrogen-bond donors (Lipinski definition) is 0. The van der Waals surface area contributed by atoms with Crippen molar-refractivity contribution in [1.82, 2.24) is 0 Å². The van der Waals surface area contributed by atoms with Crippen molar-refractivity contribution in [2.45, 2.75) is 45.7 Å². The standard InChI is InChI=1S/C33H30N2O5/c1-18(2)24-15-9-19(3)17-27(24)40-33(39)30-29-28(26-16-12-22-7-5-6-8-25(22)35(26)30)31(37)34(32(29)38)23-13-10-21(11-14-23)20(4)36/h5-18,26,28-30H,1-4H3/t26-,28+,29+,30-/m1/s1. The largest absolute Gasteiger partial charge is 0.425 e. The number of amides is 2. The summed E-state index contributed by atoms with van der Waals surface area (Å²) in [6.07, 6.45) is 3.85. The Kier molecular flexibility index (Phi) is 6.17. The Labute approximate surface area is 233 Å². The molecule has 202 valence electrons. The molecular formula is C33H30N2O5. The highest BCUT2D eigenvalue weighted by molar-refractivity contribution is 6.24. The lowest BCUT2D eigenvalue weighted by atomic mass is 9.88. The molecule has 0 N–H and O–H groups in total. The molecule has 2 fully saturated rings. The smallest absolute Gasteiger partial charge is 0.335 e. The SMILES string of the molecule is CC(=O)c1ccc(N2C(=O)[C@@H]3[C@H](C2=O)[C@H](C(=O)Oc2cc(C)ccc2C(C)C)N2c4ccccc4C=C[C@H]32)cc1. The van der Waals surface area contributed by atoms with Crippen LogP contribution < -0.4 is 14.5 Å². The van der Waals surface area contributed by atoms with E-state index in [9.17, 15) is 19.2 Å². The monoisotopic (exact) mass is 534 g/mol. The predicted octanol–water partition coefficient (Wildman–Crippen LogP) is 5.32. The molecule has 6 rings (SSSR count). The van der Waals surface area contributed by atoms with E-state index >= 15 is 0 Å². The van der Waals surface area contributed by atoms with Crippen LogP contribution in [-0.4, -0.2) is 35.7 Å². The molecule has 3 aliphatic rings. The number of nitrogens with zero attached hydrogens (tertiary/aromatic N) is 2. The number of ether oxygens (including phenoxy) is 1. The summed E-state index contributed by atoms with van der Waals surface area (Å²) < 4.78 is 6.09. The maximum Gasteiger partial charge on any atom is 0.335 e. The number of hydrogen-bond acceptors (Lipinski definition) is 6. The van der Waals surface area contributed by atoms with Gasteiger partial charge in [-0.2, -0.15) is 0 Å². The van der Waals surface area contributed by atoms with E-state index in [1.54, 1.807) is 24.3 Å². The van der Waals surface area contributed by atoms with Crippen molar-refractivity contribution >= 4 is 41.0 Å². The second-order valence-electron chi connectivity index (χ2n) is 11.0. The highest BCUT2D eigenvalue weighted by atomic mass is 16.5. The van der Waals surface area contributed by atoms with Gasteiger partial charge in [-0.15, -0.1) is 0 Å². The van der Waals surface area contributed by atoms with Crippen LogP contribution in [0.15, 0.2) is 72.8 Å². The lowest BCUT2D eigenvalue weighted by Crippen LogP contribution is -2.50. The number of carbonyl (C=O) groups is 4. The summed E-state index contributed by atoms with van der Waals surface area (Å²) in [6, 6.07) is 18.4. The first-order chi connectivity index (χ1) is 19.2. The Hall–Kier alpha value is -4.52. The van der Waals surface area contributed by atoms with E-state index in [1.807, 2.05) is 80.3 Å². The van der Waals surface area contributed by atoms with Crippen LogP contribution >= 0.6 is 0 Å². The number of aryl methyl sites for hydroxylation is 1. The first-order valence-electron chi connectivity index (χ1n) is 13.5. The van der Waals surface area contributed by atoms with Crippen molar-refractivity contribution in [3.63, 3.8) is 0 Å². The number of fused-ring (bicyclic) bond motifs is 5. The predicted molar refractivity (Wildman–Crippen MR) is 152 cm³/mol. The Morgan fingerprint density at radius 3 is 2.30 bits per heavy atom. The molecule has 7 nitrogen and oxygen atoms in total. The van der Waals surface area contributed by atoms with Gasteiger partial charge in [0.1, 0.15) is 11.8 Å². The summed E-state index contributed by atoms with van der Waals surface area (Å²) in [6.45, 7) is 7.46. The highest BCUT2D eigenvalue weighted by Gasteiger charge is 2.65. The van der Waals surface area contributed by atoms with Gasteiger partial charge in [0, 0.05) is 11.3 Å². The number of ketones is 1. The minimum Gasteiger partial charge on any atom is -0.425 e. The number of imide groups is 1.